The first-order valence-corrected chi connectivity index (χ1v) is 5.15. The number of esters is 1. The van der Waals surface area contributed by atoms with Crippen LogP contribution >= 0.6 is 22.6 Å². The minimum atomic E-state index is -0.341. The lowest BCUT2D eigenvalue weighted by Crippen LogP contribution is -2.05. The summed E-state index contributed by atoms with van der Waals surface area (Å²) in [5.74, 6) is 0.739. The van der Waals surface area contributed by atoms with Crippen molar-refractivity contribution in [3.05, 3.63) is 21.3 Å². The number of halogens is 1. The molecule has 0 heterocycles. The predicted molar refractivity (Wildman–Crippen MR) is 61.8 cm³/mol. The number of carbonyl (C=O) groups is 1. The largest absolute Gasteiger partial charge is 0.493 e. The molecule has 0 saturated carbocycles. The molecule has 0 aliphatic heterocycles. The second-order valence-electron chi connectivity index (χ2n) is 2.82. The van der Waals surface area contributed by atoms with Gasteiger partial charge in [0.25, 0.3) is 0 Å². The van der Waals surface area contributed by atoms with Gasteiger partial charge in [0.1, 0.15) is 0 Å². The Balaban J connectivity index is 3.20. The summed E-state index contributed by atoms with van der Waals surface area (Å²) in [6.45, 7) is 3.33. The molecule has 0 spiro atoms. The molecule has 0 N–H and O–H groups in total. The minimum Gasteiger partial charge on any atom is -0.493 e. The van der Waals surface area contributed by atoms with Crippen LogP contribution in [0.2, 0.25) is 0 Å². The van der Waals surface area contributed by atoms with E-state index < -0.39 is 0 Å². The van der Waals surface area contributed by atoms with E-state index in [0.29, 0.717) is 11.5 Å². The predicted octanol–water partition coefficient (Wildman–Crippen LogP) is 2.53. The molecule has 1 aromatic rings. The van der Waals surface area contributed by atoms with Gasteiger partial charge in [0.2, 0.25) is 0 Å². The molecule has 0 fully saturated rings. The Morgan fingerprint density at radius 3 is 2.57 bits per heavy atom. The number of ether oxygens (including phenoxy) is 2. The zero-order valence-corrected chi connectivity index (χ0v) is 10.4. The van der Waals surface area contributed by atoms with Crippen LogP contribution in [0.25, 0.3) is 0 Å². The molecule has 3 nitrogen and oxygen atoms in total. The van der Waals surface area contributed by atoms with Crippen molar-refractivity contribution in [1.82, 2.24) is 0 Å². The van der Waals surface area contributed by atoms with Crippen LogP contribution in [-0.4, -0.2) is 13.1 Å². The van der Waals surface area contributed by atoms with Crippen molar-refractivity contribution < 1.29 is 14.3 Å². The van der Waals surface area contributed by atoms with Crippen molar-refractivity contribution in [3.63, 3.8) is 0 Å². The van der Waals surface area contributed by atoms with E-state index in [2.05, 4.69) is 22.6 Å². The van der Waals surface area contributed by atoms with Gasteiger partial charge >= 0.3 is 5.97 Å². The molecule has 0 saturated heterocycles. The molecule has 1 rings (SSSR count). The summed E-state index contributed by atoms with van der Waals surface area (Å²) in [7, 11) is 1.55. The molecule has 0 amide bonds. The Bertz CT molecular complexity index is 361. The molecular weight excluding hydrogens is 295 g/mol. The number of aryl methyl sites for hydroxylation is 1. The van der Waals surface area contributed by atoms with Gasteiger partial charge in [-0.15, -0.1) is 0 Å². The number of rotatable bonds is 2. The number of methoxy groups -OCH3 is 1. The minimum absolute atomic E-state index is 0.341. The lowest BCUT2D eigenvalue weighted by Gasteiger charge is -2.11. The fourth-order valence-electron chi connectivity index (χ4n) is 1.04. The van der Waals surface area contributed by atoms with E-state index in [1.54, 1.807) is 13.2 Å². The maximum absolute atomic E-state index is 10.9. The van der Waals surface area contributed by atoms with Crippen LogP contribution in [0.15, 0.2) is 12.1 Å². The van der Waals surface area contributed by atoms with E-state index in [1.807, 2.05) is 13.0 Å². The first kappa shape index (κ1) is 11.3. The van der Waals surface area contributed by atoms with Crippen molar-refractivity contribution in [3.8, 4) is 11.5 Å². The molecule has 4 heteroatoms. The smallest absolute Gasteiger partial charge is 0.308 e. The number of benzene rings is 1. The summed E-state index contributed by atoms with van der Waals surface area (Å²) < 4.78 is 11.1. The Hall–Kier alpha value is -0.780. The molecule has 1 aromatic carbocycles. The highest BCUT2D eigenvalue weighted by molar-refractivity contribution is 14.1. The summed E-state index contributed by atoms with van der Waals surface area (Å²) in [6.07, 6.45) is 0. The fourth-order valence-corrected chi connectivity index (χ4v) is 1.59. The monoisotopic (exact) mass is 306 g/mol. The number of carbonyl (C=O) groups excluding carboxylic acids is 1. The maximum atomic E-state index is 10.9. The summed E-state index contributed by atoms with van der Waals surface area (Å²) in [6, 6.07) is 3.71. The average molecular weight is 306 g/mol. The third kappa shape index (κ3) is 2.37. The Morgan fingerprint density at radius 1 is 1.43 bits per heavy atom. The van der Waals surface area contributed by atoms with E-state index in [0.717, 1.165) is 9.13 Å². The normalized spacial score (nSPS) is 9.71. The van der Waals surface area contributed by atoms with Gasteiger partial charge in [0, 0.05) is 6.92 Å². The topological polar surface area (TPSA) is 35.5 Å². The second-order valence-corrected chi connectivity index (χ2v) is 3.90. The molecule has 0 atom stereocenters. The molecule has 0 aliphatic carbocycles. The van der Waals surface area contributed by atoms with Gasteiger partial charge in [0.05, 0.1) is 10.7 Å². The van der Waals surface area contributed by atoms with Crippen LogP contribution < -0.4 is 9.47 Å². The first-order chi connectivity index (χ1) is 6.56. The van der Waals surface area contributed by atoms with Gasteiger partial charge in [-0.05, 0) is 41.1 Å². The Kier molecular flexibility index (Phi) is 3.74. The Morgan fingerprint density at radius 2 is 2.07 bits per heavy atom. The molecular formula is C10H11IO3. The number of hydrogen-bond donors (Lipinski definition) is 0. The summed E-state index contributed by atoms with van der Waals surface area (Å²) in [4.78, 5) is 10.9. The fraction of sp³-hybridized carbons (Fsp3) is 0.300. The third-order valence-electron chi connectivity index (χ3n) is 1.72. The molecule has 0 bridgehead atoms. The van der Waals surface area contributed by atoms with Crippen LogP contribution in [0.1, 0.15) is 12.5 Å². The average Bonchev–Trinajstić information content (AvgIpc) is 2.13. The van der Waals surface area contributed by atoms with E-state index >= 15 is 0 Å². The van der Waals surface area contributed by atoms with Crippen molar-refractivity contribution in [2.45, 2.75) is 13.8 Å². The van der Waals surface area contributed by atoms with Crippen LogP contribution in [-0.2, 0) is 4.79 Å². The zero-order valence-electron chi connectivity index (χ0n) is 8.26. The van der Waals surface area contributed by atoms with E-state index in [1.165, 1.54) is 6.92 Å². The quantitative estimate of drug-likeness (QED) is 0.478. The van der Waals surface area contributed by atoms with Gasteiger partial charge in [-0.2, -0.15) is 0 Å². The van der Waals surface area contributed by atoms with E-state index in [4.69, 9.17) is 9.47 Å². The summed E-state index contributed by atoms with van der Waals surface area (Å²) in [5.41, 5.74) is 1.06. The lowest BCUT2D eigenvalue weighted by molar-refractivity contribution is -0.132. The third-order valence-corrected chi connectivity index (χ3v) is 3.06. The van der Waals surface area contributed by atoms with Crippen LogP contribution in [0.4, 0.5) is 0 Å². The van der Waals surface area contributed by atoms with Gasteiger partial charge in [-0.3, -0.25) is 4.79 Å². The van der Waals surface area contributed by atoms with Crippen molar-refractivity contribution in [2.75, 3.05) is 7.11 Å². The van der Waals surface area contributed by atoms with Gasteiger partial charge < -0.3 is 9.47 Å². The second kappa shape index (κ2) is 4.63. The number of hydrogen-bond acceptors (Lipinski definition) is 3. The standard InChI is InChI=1S/C10H11IO3/c1-6-4-5-8(13-3)10(9(6)11)14-7(2)12/h4-5H,1-3H3. The zero-order chi connectivity index (χ0) is 10.7. The van der Waals surface area contributed by atoms with Crippen LogP contribution in [0, 0.1) is 10.5 Å². The van der Waals surface area contributed by atoms with Crippen molar-refractivity contribution >= 4 is 28.6 Å². The molecule has 0 aromatic heterocycles. The summed E-state index contributed by atoms with van der Waals surface area (Å²) in [5, 5.41) is 0. The maximum Gasteiger partial charge on any atom is 0.308 e. The van der Waals surface area contributed by atoms with Gasteiger partial charge in [0.15, 0.2) is 11.5 Å². The van der Waals surface area contributed by atoms with E-state index in [-0.39, 0.29) is 5.97 Å². The van der Waals surface area contributed by atoms with Gasteiger partial charge in [-0.25, -0.2) is 0 Å². The van der Waals surface area contributed by atoms with Crippen molar-refractivity contribution in [1.29, 1.82) is 0 Å². The summed E-state index contributed by atoms with van der Waals surface area (Å²) >= 11 is 2.13. The molecule has 0 unspecified atom stereocenters. The highest BCUT2D eigenvalue weighted by Crippen LogP contribution is 2.34. The molecule has 0 radical (unpaired) electrons. The van der Waals surface area contributed by atoms with Crippen LogP contribution in [0.3, 0.4) is 0 Å². The van der Waals surface area contributed by atoms with Crippen LogP contribution in [0.5, 0.6) is 11.5 Å². The SMILES string of the molecule is COc1ccc(C)c(I)c1OC(C)=O. The first-order valence-electron chi connectivity index (χ1n) is 4.07. The Labute approximate surface area is 96.5 Å². The highest BCUT2D eigenvalue weighted by Gasteiger charge is 2.12. The lowest BCUT2D eigenvalue weighted by atomic mass is 10.2. The highest BCUT2D eigenvalue weighted by atomic mass is 127. The molecule has 76 valence electrons. The molecule has 14 heavy (non-hydrogen) atoms. The van der Waals surface area contributed by atoms with Crippen molar-refractivity contribution in [2.24, 2.45) is 0 Å². The van der Waals surface area contributed by atoms with Gasteiger partial charge in [-0.1, -0.05) is 6.07 Å². The molecule has 0 aliphatic rings. The van der Waals surface area contributed by atoms with E-state index in [9.17, 15) is 4.79 Å².